The quantitative estimate of drug-likeness (QED) is 0.501. The smallest absolute Gasteiger partial charge is 0.227 e. The summed E-state index contributed by atoms with van der Waals surface area (Å²) in [7, 11) is 1.69. The summed E-state index contributed by atoms with van der Waals surface area (Å²) in [6, 6.07) is 8.00. The molecule has 1 aromatic carbocycles. The fourth-order valence-electron chi connectivity index (χ4n) is 5.59. The molecule has 3 fully saturated rings. The van der Waals surface area contributed by atoms with Crippen LogP contribution in [0, 0.1) is 17.8 Å². The summed E-state index contributed by atoms with van der Waals surface area (Å²) in [5.74, 6) is 4.34. The van der Waals surface area contributed by atoms with Crippen LogP contribution in [0.1, 0.15) is 36.8 Å². The van der Waals surface area contributed by atoms with Crippen molar-refractivity contribution in [3.05, 3.63) is 47.8 Å². The van der Waals surface area contributed by atoms with Gasteiger partial charge >= 0.3 is 0 Å². The lowest BCUT2D eigenvalue weighted by atomic mass is 9.90. The van der Waals surface area contributed by atoms with Crippen LogP contribution in [0.5, 0.6) is 5.75 Å². The van der Waals surface area contributed by atoms with Crippen LogP contribution in [0.4, 0.5) is 5.95 Å². The predicted molar refractivity (Wildman–Crippen MR) is 137 cm³/mol. The molecule has 1 aromatic heterocycles. The number of nitrogens with zero attached hydrogens (tertiary/aromatic N) is 4. The summed E-state index contributed by atoms with van der Waals surface area (Å²) in [5, 5.41) is 0. The number of methoxy groups -OCH3 is 1. The molecule has 8 heteroatoms. The third-order valence-electron chi connectivity index (χ3n) is 7.81. The van der Waals surface area contributed by atoms with Gasteiger partial charge in [-0.3, -0.25) is 4.79 Å². The van der Waals surface area contributed by atoms with Gasteiger partial charge in [-0.15, -0.1) is 0 Å². The molecule has 0 bridgehead atoms. The van der Waals surface area contributed by atoms with Crippen LogP contribution >= 0.6 is 0 Å². The molecule has 1 aliphatic carbocycles. The van der Waals surface area contributed by atoms with Crippen LogP contribution in [0.25, 0.3) is 0 Å². The number of hydrogen-bond donors (Lipinski definition) is 0. The number of aromatic nitrogens is 2. The van der Waals surface area contributed by atoms with Crippen LogP contribution in [-0.4, -0.2) is 73.9 Å². The average Bonchev–Trinajstić information content (AvgIpc) is 3.70. The van der Waals surface area contributed by atoms with Crippen molar-refractivity contribution in [3.8, 4) is 5.75 Å². The molecule has 0 spiro atoms. The maximum absolute atomic E-state index is 12.4. The summed E-state index contributed by atoms with van der Waals surface area (Å²) in [5.41, 5.74) is 2.04. The van der Waals surface area contributed by atoms with Gasteiger partial charge in [-0.2, -0.15) is 0 Å². The molecule has 36 heavy (non-hydrogen) atoms. The van der Waals surface area contributed by atoms with E-state index in [1.165, 1.54) is 19.3 Å². The molecule has 2 aliphatic heterocycles. The Morgan fingerprint density at radius 2 is 1.75 bits per heavy atom. The zero-order valence-electron chi connectivity index (χ0n) is 21.3. The Kier molecular flexibility index (Phi) is 8.33. The number of amides is 1. The zero-order chi connectivity index (χ0) is 24.7. The van der Waals surface area contributed by atoms with E-state index in [1.54, 1.807) is 7.11 Å². The number of piperidine rings is 1. The maximum Gasteiger partial charge on any atom is 0.227 e. The number of hydrogen-bond acceptors (Lipinski definition) is 7. The van der Waals surface area contributed by atoms with Crippen molar-refractivity contribution < 1.29 is 19.0 Å². The Morgan fingerprint density at radius 3 is 2.44 bits per heavy atom. The Bertz CT molecular complexity index is 970. The monoisotopic (exact) mass is 494 g/mol. The van der Waals surface area contributed by atoms with E-state index in [4.69, 9.17) is 14.2 Å². The fraction of sp³-hybridized carbons (Fsp3) is 0.607. The van der Waals surface area contributed by atoms with Crippen molar-refractivity contribution in [2.75, 3.05) is 58.0 Å². The summed E-state index contributed by atoms with van der Waals surface area (Å²) in [4.78, 5) is 25.7. The maximum atomic E-state index is 12.4. The van der Waals surface area contributed by atoms with E-state index in [2.05, 4.69) is 14.9 Å². The lowest BCUT2D eigenvalue weighted by Crippen LogP contribution is -2.41. The molecule has 2 atom stereocenters. The average molecular weight is 495 g/mol. The predicted octanol–water partition coefficient (Wildman–Crippen LogP) is 3.35. The van der Waals surface area contributed by atoms with Crippen molar-refractivity contribution in [2.24, 2.45) is 17.8 Å². The van der Waals surface area contributed by atoms with Crippen LogP contribution in [0.3, 0.4) is 0 Å². The SMILES string of the molecule is COCc1cnc(N2CCC(C3CC3CCOc3ccc(CC(=O)N4CCOCC4)cc3)CC2)nc1. The number of benzene rings is 1. The highest BCUT2D eigenvalue weighted by atomic mass is 16.5. The van der Waals surface area contributed by atoms with Gasteiger partial charge in [-0.05, 0) is 61.1 Å². The third-order valence-corrected chi connectivity index (χ3v) is 7.81. The minimum atomic E-state index is 0.171. The molecule has 1 saturated carbocycles. The Labute approximate surface area is 214 Å². The van der Waals surface area contributed by atoms with Crippen molar-refractivity contribution >= 4 is 11.9 Å². The van der Waals surface area contributed by atoms with E-state index in [1.807, 2.05) is 41.6 Å². The first-order valence-electron chi connectivity index (χ1n) is 13.3. The number of anilines is 1. The topological polar surface area (TPSA) is 77.0 Å². The molecule has 8 nitrogen and oxygen atoms in total. The second-order valence-electron chi connectivity index (χ2n) is 10.3. The highest BCUT2D eigenvalue weighted by Crippen LogP contribution is 2.49. The lowest BCUT2D eigenvalue weighted by Gasteiger charge is -2.32. The third kappa shape index (κ3) is 6.53. The van der Waals surface area contributed by atoms with E-state index in [9.17, 15) is 4.79 Å². The second kappa shape index (κ2) is 12.0. The number of carbonyl (C=O) groups excluding carboxylic acids is 1. The number of morpholine rings is 1. The summed E-state index contributed by atoms with van der Waals surface area (Å²) in [6.45, 7) is 6.04. The van der Waals surface area contributed by atoms with E-state index in [-0.39, 0.29) is 5.91 Å². The van der Waals surface area contributed by atoms with Crippen LogP contribution in [0.15, 0.2) is 36.7 Å². The van der Waals surface area contributed by atoms with Crippen LogP contribution in [0.2, 0.25) is 0 Å². The first-order chi connectivity index (χ1) is 17.7. The molecule has 5 rings (SSSR count). The van der Waals surface area contributed by atoms with Crippen molar-refractivity contribution in [3.63, 3.8) is 0 Å². The summed E-state index contributed by atoms with van der Waals surface area (Å²) < 4.78 is 16.5. The minimum absolute atomic E-state index is 0.171. The minimum Gasteiger partial charge on any atom is -0.494 e. The zero-order valence-corrected chi connectivity index (χ0v) is 21.3. The van der Waals surface area contributed by atoms with Crippen molar-refractivity contribution in [1.29, 1.82) is 0 Å². The van der Waals surface area contributed by atoms with Crippen LogP contribution in [-0.2, 0) is 27.3 Å². The molecule has 0 N–H and O–H groups in total. The molecule has 2 unspecified atom stereocenters. The fourth-order valence-corrected chi connectivity index (χ4v) is 5.59. The molecule has 2 saturated heterocycles. The number of rotatable bonds is 10. The molecular weight excluding hydrogens is 456 g/mol. The van der Waals surface area contributed by atoms with Gasteiger partial charge in [0.25, 0.3) is 0 Å². The number of ether oxygens (including phenoxy) is 3. The first kappa shape index (κ1) is 25.0. The molecule has 2 aromatic rings. The van der Waals surface area contributed by atoms with Gasteiger partial charge in [0, 0.05) is 51.2 Å². The Morgan fingerprint density at radius 1 is 1.03 bits per heavy atom. The van der Waals surface area contributed by atoms with E-state index in [0.717, 1.165) is 66.7 Å². The Hall–Kier alpha value is -2.71. The normalized spacial score (nSPS) is 22.5. The molecule has 0 radical (unpaired) electrons. The van der Waals surface area contributed by atoms with Gasteiger partial charge < -0.3 is 24.0 Å². The van der Waals surface area contributed by atoms with Gasteiger partial charge in [-0.1, -0.05) is 12.1 Å². The van der Waals surface area contributed by atoms with Gasteiger partial charge in [-0.25, -0.2) is 9.97 Å². The highest BCUT2D eigenvalue weighted by Gasteiger charge is 2.43. The van der Waals surface area contributed by atoms with Gasteiger partial charge in [0.15, 0.2) is 0 Å². The van der Waals surface area contributed by atoms with E-state index < -0.39 is 0 Å². The van der Waals surface area contributed by atoms with Gasteiger partial charge in [0.1, 0.15) is 5.75 Å². The lowest BCUT2D eigenvalue weighted by molar-refractivity contribution is -0.134. The highest BCUT2D eigenvalue weighted by molar-refractivity contribution is 5.78. The van der Waals surface area contributed by atoms with Gasteiger partial charge in [0.2, 0.25) is 11.9 Å². The molecule has 3 heterocycles. The van der Waals surface area contributed by atoms with Gasteiger partial charge in [0.05, 0.1) is 32.8 Å². The van der Waals surface area contributed by atoms with Crippen LogP contribution < -0.4 is 9.64 Å². The second-order valence-corrected chi connectivity index (χ2v) is 10.3. The molecule has 3 aliphatic rings. The first-order valence-corrected chi connectivity index (χ1v) is 13.3. The molecule has 1 amide bonds. The van der Waals surface area contributed by atoms with E-state index >= 15 is 0 Å². The summed E-state index contributed by atoms with van der Waals surface area (Å²) in [6.07, 6.45) is 9.06. The van der Waals surface area contributed by atoms with Crippen molar-refractivity contribution in [1.82, 2.24) is 14.9 Å². The molecular formula is C28H38N4O4. The van der Waals surface area contributed by atoms with E-state index in [0.29, 0.717) is 39.3 Å². The standard InChI is InChI=1S/C28H38N4O4/c1-34-20-22-18-29-28(30-19-22)32-9-6-23(7-10-32)26-17-24(26)8-13-36-25-4-2-21(3-5-25)16-27(33)31-11-14-35-15-12-31/h2-5,18-19,23-24,26H,6-17,20H2,1H3. The largest absolute Gasteiger partial charge is 0.494 e. The molecule has 194 valence electrons. The number of carbonyl (C=O) groups is 1. The Balaban J connectivity index is 0.984. The van der Waals surface area contributed by atoms with Crippen molar-refractivity contribution in [2.45, 2.75) is 38.7 Å². The summed E-state index contributed by atoms with van der Waals surface area (Å²) >= 11 is 0.